The molecule has 9 nitrogen and oxygen atoms in total. The summed E-state index contributed by atoms with van der Waals surface area (Å²) in [7, 11) is 1.50. The van der Waals surface area contributed by atoms with Gasteiger partial charge in [0.1, 0.15) is 6.07 Å². The van der Waals surface area contributed by atoms with Crippen LogP contribution in [-0.2, 0) is 0 Å². The van der Waals surface area contributed by atoms with Gasteiger partial charge in [0.05, 0.1) is 17.8 Å². The molecule has 21 heavy (non-hydrogen) atoms. The predicted molar refractivity (Wildman–Crippen MR) is 77.0 cm³/mol. The van der Waals surface area contributed by atoms with Gasteiger partial charge in [-0.2, -0.15) is 10.4 Å². The zero-order valence-corrected chi connectivity index (χ0v) is 12.5. The van der Waals surface area contributed by atoms with Gasteiger partial charge in [-0.15, -0.1) is 0 Å². The number of halogens is 1. The van der Waals surface area contributed by atoms with Crippen molar-refractivity contribution in [2.24, 2.45) is 5.10 Å². The molecule has 2 rings (SSSR count). The third-order valence-corrected chi connectivity index (χ3v) is 2.91. The third kappa shape index (κ3) is 3.46. The summed E-state index contributed by atoms with van der Waals surface area (Å²) in [4.78, 5) is 1.08. The minimum absolute atomic E-state index is 0.0752. The monoisotopic (exact) mass is 351 g/mol. The van der Waals surface area contributed by atoms with Crippen LogP contribution in [-0.4, -0.2) is 40.2 Å². The first-order valence-electron chi connectivity index (χ1n) is 5.61. The average Bonchev–Trinajstić information content (AvgIpc) is 2.88. The Kier molecular flexibility index (Phi) is 4.68. The molecule has 2 N–H and O–H groups in total. The largest absolute Gasteiger partial charge is 0.493 e. The molecule has 1 aromatic heterocycles. The van der Waals surface area contributed by atoms with E-state index in [2.05, 4.69) is 36.6 Å². The summed E-state index contributed by atoms with van der Waals surface area (Å²) in [6, 6.07) is 5.34. The van der Waals surface area contributed by atoms with Crippen LogP contribution in [0.4, 0.5) is 5.95 Å². The Morgan fingerprint density at radius 2 is 2.38 bits per heavy atom. The number of hydrogen-bond donors (Lipinski definition) is 1. The van der Waals surface area contributed by atoms with Crippen LogP contribution < -0.4 is 15.2 Å². The van der Waals surface area contributed by atoms with E-state index in [-0.39, 0.29) is 12.6 Å². The highest BCUT2D eigenvalue weighted by atomic mass is 79.9. The van der Waals surface area contributed by atoms with Crippen molar-refractivity contribution in [1.29, 1.82) is 5.26 Å². The molecule has 0 saturated heterocycles. The number of ether oxygens (including phenoxy) is 2. The Morgan fingerprint density at radius 1 is 1.57 bits per heavy atom. The molecule has 0 aliphatic carbocycles. The average molecular weight is 352 g/mol. The van der Waals surface area contributed by atoms with Gasteiger partial charge in [0.2, 0.25) is 0 Å². The fraction of sp³-hybridized carbons (Fsp3) is 0.182. The third-order valence-electron chi connectivity index (χ3n) is 2.33. The molecule has 0 amide bonds. The molecule has 0 bridgehead atoms. The van der Waals surface area contributed by atoms with Crippen LogP contribution in [0.25, 0.3) is 0 Å². The van der Waals surface area contributed by atoms with Crippen molar-refractivity contribution in [3.05, 3.63) is 22.2 Å². The minimum Gasteiger partial charge on any atom is -0.493 e. The smallest absolute Gasteiger partial charge is 0.263 e. The van der Waals surface area contributed by atoms with Gasteiger partial charge in [0.25, 0.3) is 5.95 Å². The molecule has 10 heteroatoms. The second kappa shape index (κ2) is 6.67. The van der Waals surface area contributed by atoms with E-state index in [1.807, 2.05) is 6.07 Å². The topological polar surface area (TPSA) is 124 Å². The standard InChI is InChI=1S/C11H10BrN7O2/c1-20-9-5-7(4-8(12)10(9)21-3-2-13)6-15-19-11(14)16-17-18-19/h4-6H,3H2,1H3,(H2,14,16,18). The molecule has 0 radical (unpaired) electrons. The number of hydrogen-bond acceptors (Lipinski definition) is 8. The highest BCUT2D eigenvalue weighted by Gasteiger charge is 2.11. The van der Waals surface area contributed by atoms with E-state index in [0.29, 0.717) is 21.5 Å². The molecule has 1 aromatic carbocycles. The number of benzene rings is 1. The van der Waals surface area contributed by atoms with Crippen LogP contribution >= 0.6 is 15.9 Å². The van der Waals surface area contributed by atoms with E-state index < -0.39 is 0 Å². The summed E-state index contributed by atoms with van der Waals surface area (Å²) in [6.07, 6.45) is 1.51. The second-order valence-electron chi connectivity index (χ2n) is 3.65. The number of nitrogens with zero attached hydrogens (tertiary/aromatic N) is 6. The quantitative estimate of drug-likeness (QED) is 0.790. The van der Waals surface area contributed by atoms with Gasteiger partial charge < -0.3 is 15.2 Å². The number of methoxy groups -OCH3 is 1. The van der Waals surface area contributed by atoms with E-state index in [1.165, 1.54) is 13.3 Å². The van der Waals surface area contributed by atoms with Gasteiger partial charge in [-0.1, -0.05) is 9.89 Å². The zero-order valence-electron chi connectivity index (χ0n) is 10.9. The molecular weight excluding hydrogens is 342 g/mol. The number of nitrogen functional groups attached to an aromatic ring is 1. The fourth-order valence-electron chi connectivity index (χ4n) is 1.45. The highest BCUT2D eigenvalue weighted by Crippen LogP contribution is 2.36. The van der Waals surface area contributed by atoms with Crippen molar-refractivity contribution >= 4 is 28.1 Å². The number of tetrazole rings is 1. The van der Waals surface area contributed by atoms with Gasteiger partial charge in [-0.3, -0.25) is 0 Å². The lowest BCUT2D eigenvalue weighted by molar-refractivity contribution is 0.327. The van der Waals surface area contributed by atoms with E-state index in [1.54, 1.807) is 12.1 Å². The lowest BCUT2D eigenvalue weighted by Gasteiger charge is -2.11. The van der Waals surface area contributed by atoms with Crippen molar-refractivity contribution in [2.75, 3.05) is 19.5 Å². The van der Waals surface area contributed by atoms with Crippen LogP contribution in [0.1, 0.15) is 5.56 Å². The molecule has 0 spiro atoms. The van der Waals surface area contributed by atoms with E-state index in [4.69, 9.17) is 20.5 Å². The Labute approximate surface area is 128 Å². The maximum absolute atomic E-state index is 8.57. The number of anilines is 1. The van der Waals surface area contributed by atoms with Crippen molar-refractivity contribution < 1.29 is 9.47 Å². The predicted octanol–water partition coefficient (Wildman–Crippen LogP) is 0.811. The lowest BCUT2D eigenvalue weighted by Crippen LogP contribution is -2.01. The van der Waals surface area contributed by atoms with Crippen molar-refractivity contribution in [1.82, 2.24) is 20.3 Å². The SMILES string of the molecule is COc1cc(C=Nn2nnnc2N)cc(Br)c1OCC#N. The summed E-state index contributed by atoms with van der Waals surface area (Å²) >= 11 is 3.35. The van der Waals surface area contributed by atoms with Crippen LogP contribution in [0, 0.1) is 11.3 Å². The zero-order chi connectivity index (χ0) is 15.2. The maximum Gasteiger partial charge on any atom is 0.263 e. The van der Waals surface area contributed by atoms with E-state index >= 15 is 0 Å². The summed E-state index contributed by atoms with van der Waals surface area (Å²) in [5, 5.41) is 23.0. The molecule has 2 aromatic rings. The van der Waals surface area contributed by atoms with E-state index in [0.717, 1.165) is 4.79 Å². The van der Waals surface area contributed by atoms with Crippen molar-refractivity contribution in [3.8, 4) is 17.6 Å². The molecule has 0 unspecified atom stereocenters. The van der Waals surface area contributed by atoms with Crippen LogP contribution in [0.5, 0.6) is 11.5 Å². The van der Waals surface area contributed by atoms with Crippen LogP contribution in [0.15, 0.2) is 21.7 Å². The summed E-state index contributed by atoms with van der Waals surface area (Å²) < 4.78 is 11.2. The molecule has 1 heterocycles. The molecular formula is C11H10BrN7O2. The first kappa shape index (κ1) is 14.7. The number of nitrogens with two attached hydrogens (primary N) is 1. The first-order valence-corrected chi connectivity index (χ1v) is 6.40. The number of aromatic nitrogens is 4. The molecule has 0 aliphatic rings. The second-order valence-corrected chi connectivity index (χ2v) is 4.51. The summed E-state index contributed by atoms with van der Waals surface area (Å²) in [5.41, 5.74) is 6.20. The summed E-state index contributed by atoms with van der Waals surface area (Å²) in [6.45, 7) is -0.0798. The van der Waals surface area contributed by atoms with Gasteiger partial charge >= 0.3 is 0 Å². The normalized spacial score (nSPS) is 10.5. The van der Waals surface area contributed by atoms with Crippen LogP contribution in [0.2, 0.25) is 0 Å². The van der Waals surface area contributed by atoms with E-state index in [9.17, 15) is 0 Å². The Balaban J connectivity index is 2.30. The van der Waals surface area contributed by atoms with Gasteiger partial charge in [0.15, 0.2) is 18.1 Å². The van der Waals surface area contributed by atoms with Crippen molar-refractivity contribution in [2.45, 2.75) is 0 Å². The van der Waals surface area contributed by atoms with Crippen molar-refractivity contribution in [3.63, 3.8) is 0 Å². The molecule has 0 saturated carbocycles. The Morgan fingerprint density at radius 3 is 3.00 bits per heavy atom. The number of rotatable bonds is 5. The lowest BCUT2D eigenvalue weighted by atomic mass is 10.2. The molecule has 0 fully saturated rings. The molecule has 108 valence electrons. The Bertz CT molecular complexity index is 707. The molecule has 0 aliphatic heterocycles. The van der Waals surface area contributed by atoms with Gasteiger partial charge in [-0.25, -0.2) is 0 Å². The minimum atomic E-state index is -0.0798. The number of nitriles is 1. The highest BCUT2D eigenvalue weighted by molar-refractivity contribution is 9.10. The first-order chi connectivity index (χ1) is 10.2. The summed E-state index contributed by atoms with van der Waals surface area (Å²) in [5.74, 6) is 0.982. The molecule has 0 atom stereocenters. The van der Waals surface area contributed by atoms with Gasteiger partial charge in [0, 0.05) is 0 Å². The fourth-order valence-corrected chi connectivity index (χ4v) is 2.03. The Hall–Kier alpha value is -2.67. The van der Waals surface area contributed by atoms with Crippen LogP contribution in [0.3, 0.4) is 0 Å². The van der Waals surface area contributed by atoms with Gasteiger partial charge in [-0.05, 0) is 44.1 Å². The maximum atomic E-state index is 8.57.